The fourth-order valence-electron chi connectivity index (χ4n) is 2.37. The van der Waals surface area contributed by atoms with Crippen LogP contribution >= 0.6 is 0 Å². The van der Waals surface area contributed by atoms with Crippen molar-refractivity contribution in [1.82, 2.24) is 9.80 Å². The van der Waals surface area contributed by atoms with Crippen LogP contribution in [0.3, 0.4) is 0 Å². The van der Waals surface area contributed by atoms with Crippen molar-refractivity contribution in [1.29, 1.82) is 0 Å². The van der Waals surface area contributed by atoms with Crippen LogP contribution in [0, 0.1) is 5.82 Å². The predicted octanol–water partition coefficient (Wildman–Crippen LogP) is 1.45. The Hall–Kier alpha value is -2.64. The van der Waals surface area contributed by atoms with Gasteiger partial charge in [0.2, 0.25) is 11.8 Å². The second-order valence-corrected chi connectivity index (χ2v) is 5.30. The third-order valence-electron chi connectivity index (χ3n) is 3.58. The van der Waals surface area contributed by atoms with Crippen LogP contribution in [0.25, 0.3) is 0 Å². The molecule has 0 radical (unpaired) electrons. The van der Waals surface area contributed by atoms with E-state index in [0.717, 1.165) is 0 Å². The maximum atomic E-state index is 13.1. The summed E-state index contributed by atoms with van der Waals surface area (Å²) < 4.78 is 18.0. The molecule has 0 saturated carbocycles. The van der Waals surface area contributed by atoms with Crippen molar-refractivity contribution < 1.29 is 23.5 Å². The Balaban J connectivity index is 1.79. The summed E-state index contributed by atoms with van der Waals surface area (Å²) in [4.78, 5) is 38.6. The van der Waals surface area contributed by atoms with Gasteiger partial charge in [0.05, 0.1) is 6.61 Å². The number of ether oxygens (including phenoxy) is 1. The lowest BCUT2D eigenvalue weighted by Crippen LogP contribution is -2.51. The number of anilines is 1. The Kier molecular flexibility index (Phi) is 6.11. The monoisotopic (exact) mass is 337 g/mol. The van der Waals surface area contributed by atoms with E-state index in [-0.39, 0.29) is 12.3 Å². The van der Waals surface area contributed by atoms with Gasteiger partial charge in [0, 0.05) is 31.9 Å². The van der Waals surface area contributed by atoms with E-state index in [4.69, 9.17) is 4.74 Å². The number of halogens is 1. The molecule has 1 aliphatic heterocycles. The Labute approximate surface area is 139 Å². The van der Waals surface area contributed by atoms with E-state index in [1.165, 1.54) is 28.0 Å². The summed E-state index contributed by atoms with van der Waals surface area (Å²) in [6.45, 7) is 3.48. The molecule has 0 spiro atoms. The molecule has 1 aromatic carbocycles. The van der Waals surface area contributed by atoms with Crippen molar-refractivity contribution in [2.75, 3.05) is 38.1 Å². The molecule has 0 aliphatic carbocycles. The van der Waals surface area contributed by atoms with Crippen molar-refractivity contribution in [2.24, 2.45) is 0 Å². The normalized spacial score (nSPS) is 14.2. The summed E-state index contributed by atoms with van der Waals surface area (Å²) in [6.07, 6.45) is -0.718. The van der Waals surface area contributed by atoms with Crippen molar-refractivity contribution in [3.05, 3.63) is 30.1 Å². The predicted molar refractivity (Wildman–Crippen MR) is 84.8 cm³/mol. The summed E-state index contributed by atoms with van der Waals surface area (Å²) in [6, 6.07) is 5.47. The van der Waals surface area contributed by atoms with Gasteiger partial charge in [-0.25, -0.2) is 9.18 Å². The lowest BCUT2D eigenvalue weighted by molar-refractivity contribution is -0.135. The first-order valence-corrected chi connectivity index (χ1v) is 7.74. The van der Waals surface area contributed by atoms with Gasteiger partial charge in [0.1, 0.15) is 12.2 Å². The highest BCUT2D eigenvalue weighted by molar-refractivity contribution is 6.03. The molecule has 1 aromatic rings. The van der Waals surface area contributed by atoms with Crippen molar-refractivity contribution in [3.63, 3.8) is 0 Å². The third-order valence-corrected chi connectivity index (χ3v) is 3.58. The van der Waals surface area contributed by atoms with E-state index in [1.54, 1.807) is 13.0 Å². The summed E-state index contributed by atoms with van der Waals surface area (Å²) in [5.41, 5.74) is 0.305. The minimum atomic E-state index is -0.501. The first-order valence-electron chi connectivity index (χ1n) is 7.74. The van der Waals surface area contributed by atoms with Crippen molar-refractivity contribution >= 4 is 23.6 Å². The van der Waals surface area contributed by atoms with Gasteiger partial charge in [-0.05, 0) is 25.1 Å². The number of nitrogens with one attached hydrogen (secondary N) is 1. The highest BCUT2D eigenvalue weighted by Crippen LogP contribution is 2.10. The second kappa shape index (κ2) is 8.28. The smallest absolute Gasteiger partial charge is 0.409 e. The van der Waals surface area contributed by atoms with Gasteiger partial charge in [0.15, 0.2) is 0 Å². The molecule has 1 N–H and O–H groups in total. The van der Waals surface area contributed by atoms with E-state index in [0.29, 0.717) is 38.5 Å². The van der Waals surface area contributed by atoms with E-state index in [9.17, 15) is 18.8 Å². The standard InChI is InChI=1S/C16H20FN3O4/c1-2-24-16(23)20-8-6-19(7-9-20)15(22)11-14(21)18-13-5-3-4-12(17)10-13/h3-5,10H,2,6-9,11H2,1H3,(H,18,21). The molecule has 2 rings (SSSR count). The molecular formula is C16H20FN3O4. The number of amides is 3. The molecule has 3 amide bonds. The highest BCUT2D eigenvalue weighted by atomic mass is 19.1. The van der Waals surface area contributed by atoms with E-state index < -0.39 is 17.8 Å². The number of rotatable bonds is 4. The average Bonchev–Trinajstić information content (AvgIpc) is 2.55. The summed E-state index contributed by atoms with van der Waals surface area (Å²) in [7, 11) is 0. The Morgan fingerprint density at radius 3 is 2.46 bits per heavy atom. The molecule has 0 bridgehead atoms. The minimum Gasteiger partial charge on any atom is -0.450 e. The van der Waals surface area contributed by atoms with Gasteiger partial charge in [0.25, 0.3) is 0 Å². The molecule has 0 unspecified atom stereocenters. The molecule has 8 heteroatoms. The molecule has 0 atom stereocenters. The molecule has 7 nitrogen and oxygen atoms in total. The number of hydrogen-bond acceptors (Lipinski definition) is 4. The van der Waals surface area contributed by atoms with Crippen LogP contribution in [0.1, 0.15) is 13.3 Å². The van der Waals surface area contributed by atoms with E-state index >= 15 is 0 Å². The Morgan fingerprint density at radius 2 is 1.83 bits per heavy atom. The molecule has 130 valence electrons. The first kappa shape index (κ1) is 17.7. The number of piperazine rings is 1. The lowest BCUT2D eigenvalue weighted by atomic mass is 10.2. The zero-order valence-corrected chi connectivity index (χ0v) is 13.5. The average molecular weight is 337 g/mol. The zero-order chi connectivity index (χ0) is 17.5. The topological polar surface area (TPSA) is 79.0 Å². The fourth-order valence-corrected chi connectivity index (χ4v) is 2.37. The highest BCUT2D eigenvalue weighted by Gasteiger charge is 2.25. The maximum Gasteiger partial charge on any atom is 0.409 e. The zero-order valence-electron chi connectivity index (χ0n) is 13.5. The van der Waals surface area contributed by atoms with Gasteiger partial charge in [-0.3, -0.25) is 9.59 Å². The minimum absolute atomic E-state index is 0.304. The molecule has 1 saturated heterocycles. The Bertz CT molecular complexity index is 615. The van der Waals surface area contributed by atoms with Gasteiger partial charge in [-0.15, -0.1) is 0 Å². The molecular weight excluding hydrogens is 317 g/mol. The molecule has 1 heterocycles. The Morgan fingerprint density at radius 1 is 1.17 bits per heavy atom. The van der Waals surface area contributed by atoms with Crippen LogP contribution in [-0.2, 0) is 14.3 Å². The van der Waals surface area contributed by atoms with E-state index in [1.807, 2.05) is 0 Å². The molecule has 24 heavy (non-hydrogen) atoms. The molecule has 0 aromatic heterocycles. The third kappa shape index (κ3) is 4.94. The van der Waals surface area contributed by atoms with Crippen LogP contribution in [0.4, 0.5) is 14.9 Å². The van der Waals surface area contributed by atoms with Crippen LogP contribution < -0.4 is 5.32 Å². The number of carbonyl (C=O) groups is 3. The van der Waals surface area contributed by atoms with E-state index in [2.05, 4.69) is 5.32 Å². The van der Waals surface area contributed by atoms with Gasteiger partial charge in [-0.1, -0.05) is 6.07 Å². The second-order valence-electron chi connectivity index (χ2n) is 5.30. The number of hydrogen-bond donors (Lipinski definition) is 1. The SMILES string of the molecule is CCOC(=O)N1CCN(C(=O)CC(=O)Nc2cccc(F)c2)CC1. The number of carbonyl (C=O) groups excluding carboxylic acids is 3. The number of benzene rings is 1. The van der Waals surface area contributed by atoms with Gasteiger partial charge < -0.3 is 19.9 Å². The molecule has 1 aliphatic rings. The molecule has 1 fully saturated rings. The lowest BCUT2D eigenvalue weighted by Gasteiger charge is -2.34. The van der Waals surface area contributed by atoms with Gasteiger partial charge in [-0.2, -0.15) is 0 Å². The largest absolute Gasteiger partial charge is 0.450 e. The number of nitrogens with zero attached hydrogens (tertiary/aromatic N) is 2. The van der Waals surface area contributed by atoms with Crippen LogP contribution in [0.5, 0.6) is 0 Å². The summed E-state index contributed by atoms with van der Waals surface area (Å²) in [5, 5.41) is 2.49. The van der Waals surface area contributed by atoms with Crippen molar-refractivity contribution in [2.45, 2.75) is 13.3 Å². The maximum absolute atomic E-state index is 13.1. The van der Waals surface area contributed by atoms with Crippen molar-refractivity contribution in [3.8, 4) is 0 Å². The van der Waals surface area contributed by atoms with Crippen LogP contribution in [0.15, 0.2) is 24.3 Å². The fraction of sp³-hybridized carbons (Fsp3) is 0.438. The van der Waals surface area contributed by atoms with Gasteiger partial charge >= 0.3 is 6.09 Å². The quantitative estimate of drug-likeness (QED) is 0.844. The summed E-state index contributed by atoms with van der Waals surface area (Å²) >= 11 is 0. The first-order chi connectivity index (χ1) is 11.5. The van der Waals surface area contributed by atoms with Crippen LogP contribution in [0.2, 0.25) is 0 Å². The summed E-state index contributed by atoms with van der Waals surface area (Å²) in [5.74, 6) is -1.29. The van der Waals surface area contributed by atoms with Crippen LogP contribution in [-0.4, -0.2) is 60.5 Å².